The van der Waals surface area contributed by atoms with Crippen molar-refractivity contribution in [2.75, 3.05) is 26.4 Å². The molecular formula is C51H90NO8P. The van der Waals surface area contributed by atoms with Gasteiger partial charge in [0.1, 0.15) is 6.61 Å². The van der Waals surface area contributed by atoms with Crippen molar-refractivity contribution in [2.45, 2.75) is 213 Å². The van der Waals surface area contributed by atoms with Crippen molar-refractivity contribution in [3.63, 3.8) is 0 Å². The molecule has 0 aromatic heterocycles. The normalized spacial score (nSPS) is 13.8. The smallest absolute Gasteiger partial charge is 0.462 e. The highest BCUT2D eigenvalue weighted by Crippen LogP contribution is 2.43. The first-order chi connectivity index (χ1) is 29.8. The second kappa shape index (κ2) is 46.9. The summed E-state index contributed by atoms with van der Waals surface area (Å²) in [5.74, 6) is -0.924. The van der Waals surface area contributed by atoms with Crippen molar-refractivity contribution in [3.8, 4) is 0 Å². The van der Waals surface area contributed by atoms with Crippen LogP contribution in [0, 0.1) is 0 Å². The van der Waals surface area contributed by atoms with Gasteiger partial charge in [0.2, 0.25) is 0 Å². The van der Waals surface area contributed by atoms with E-state index in [0.717, 1.165) is 57.8 Å². The average Bonchev–Trinajstić information content (AvgIpc) is 3.25. The van der Waals surface area contributed by atoms with Crippen LogP contribution in [0.5, 0.6) is 0 Å². The fourth-order valence-corrected chi connectivity index (χ4v) is 7.31. The highest BCUT2D eigenvalue weighted by atomic mass is 31.2. The lowest BCUT2D eigenvalue weighted by molar-refractivity contribution is -0.161. The van der Waals surface area contributed by atoms with E-state index in [4.69, 9.17) is 24.3 Å². The second-order valence-electron chi connectivity index (χ2n) is 16.0. The molecule has 0 aromatic rings. The van der Waals surface area contributed by atoms with E-state index in [-0.39, 0.29) is 32.6 Å². The molecule has 10 heteroatoms. The van der Waals surface area contributed by atoms with Crippen LogP contribution < -0.4 is 5.73 Å². The molecule has 0 radical (unpaired) electrons. The van der Waals surface area contributed by atoms with Gasteiger partial charge < -0.3 is 20.1 Å². The zero-order valence-corrected chi connectivity index (χ0v) is 39.8. The maximum absolute atomic E-state index is 12.6. The Balaban J connectivity index is 4.17. The van der Waals surface area contributed by atoms with Gasteiger partial charge in [-0.2, -0.15) is 0 Å². The fourth-order valence-electron chi connectivity index (χ4n) is 6.54. The number of unbranched alkanes of at least 4 members (excludes halogenated alkanes) is 20. The topological polar surface area (TPSA) is 134 Å². The zero-order chi connectivity index (χ0) is 44.6. The molecule has 0 aliphatic rings. The summed E-state index contributed by atoms with van der Waals surface area (Å²) < 4.78 is 32.8. The Morgan fingerprint density at radius 2 is 0.902 bits per heavy atom. The molecule has 0 aliphatic heterocycles. The van der Waals surface area contributed by atoms with Crippen LogP contribution in [0.4, 0.5) is 0 Å². The van der Waals surface area contributed by atoms with Crippen molar-refractivity contribution < 1.29 is 37.6 Å². The highest BCUT2D eigenvalue weighted by Gasteiger charge is 2.26. The van der Waals surface area contributed by atoms with Crippen LogP contribution in [0.2, 0.25) is 0 Å². The summed E-state index contributed by atoms with van der Waals surface area (Å²) in [6, 6.07) is 0. The van der Waals surface area contributed by atoms with Crippen molar-refractivity contribution >= 4 is 19.8 Å². The number of esters is 2. The largest absolute Gasteiger partial charge is 0.472 e. The Morgan fingerprint density at radius 1 is 0.508 bits per heavy atom. The van der Waals surface area contributed by atoms with Gasteiger partial charge >= 0.3 is 19.8 Å². The molecule has 0 bridgehead atoms. The molecule has 2 atom stereocenters. The maximum Gasteiger partial charge on any atom is 0.472 e. The maximum atomic E-state index is 12.6. The van der Waals surface area contributed by atoms with Gasteiger partial charge in [-0.25, -0.2) is 4.57 Å². The number of allylic oxidation sites excluding steroid dienone is 12. The van der Waals surface area contributed by atoms with Gasteiger partial charge in [0.15, 0.2) is 6.10 Å². The number of rotatable bonds is 45. The number of hydrogen-bond donors (Lipinski definition) is 2. The highest BCUT2D eigenvalue weighted by molar-refractivity contribution is 7.47. The molecule has 3 N–H and O–H groups in total. The minimum Gasteiger partial charge on any atom is -0.462 e. The van der Waals surface area contributed by atoms with Crippen LogP contribution in [-0.4, -0.2) is 49.3 Å². The molecule has 0 aliphatic carbocycles. The Labute approximate surface area is 373 Å². The number of carbonyl (C=O) groups excluding carboxylic acids is 2. The zero-order valence-electron chi connectivity index (χ0n) is 38.9. The SMILES string of the molecule is CCC=CCC=CCC=CCC=CCC=CCC=CCCC(=O)OC[C@H](COP(=O)(O)OCCN)OC(=O)CCCCCCCCCCCCCCCCCCCCCCC. The Bertz CT molecular complexity index is 1230. The van der Waals surface area contributed by atoms with E-state index >= 15 is 0 Å². The van der Waals surface area contributed by atoms with Gasteiger partial charge in [-0.1, -0.05) is 215 Å². The third-order valence-corrected chi connectivity index (χ3v) is 11.1. The van der Waals surface area contributed by atoms with E-state index in [2.05, 4.69) is 74.6 Å². The van der Waals surface area contributed by atoms with Crippen LogP contribution in [0.15, 0.2) is 72.9 Å². The molecule has 0 saturated heterocycles. The van der Waals surface area contributed by atoms with Gasteiger partial charge in [0.25, 0.3) is 0 Å². The number of phosphoric ester groups is 1. The van der Waals surface area contributed by atoms with Crippen LogP contribution >= 0.6 is 7.82 Å². The van der Waals surface area contributed by atoms with E-state index in [0.29, 0.717) is 12.8 Å². The number of carbonyl (C=O) groups is 2. The lowest BCUT2D eigenvalue weighted by atomic mass is 10.0. The van der Waals surface area contributed by atoms with E-state index in [1.54, 1.807) is 0 Å². The van der Waals surface area contributed by atoms with Crippen LogP contribution in [0.1, 0.15) is 206 Å². The van der Waals surface area contributed by atoms with Crippen molar-refractivity contribution in [1.29, 1.82) is 0 Å². The number of nitrogens with two attached hydrogens (primary N) is 1. The summed E-state index contributed by atoms with van der Waals surface area (Å²) >= 11 is 0. The minimum absolute atomic E-state index is 0.0419. The first-order valence-electron chi connectivity index (χ1n) is 24.4. The quantitative estimate of drug-likeness (QED) is 0.0265. The lowest BCUT2D eigenvalue weighted by Gasteiger charge is -2.19. The molecule has 0 fully saturated rings. The van der Waals surface area contributed by atoms with Crippen molar-refractivity contribution in [3.05, 3.63) is 72.9 Å². The number of ether oxygens (including phenoxy) is 2. The molecule has 61 heavy (non-hydrogen) atoms. The summed E-state index contributed by atoms with van der Waals surface area (Å²) in [4.78, 5) is 35.0. The standard InChI is InChI=1S/C51H90NO8P/c1-3-5-7-9-11-13-15-17-19-21-23-24-26-28-30-32-34-36-38-40-42-44-51(54)60-49(48-59-61(55,56)58-46-45-52)47-57-50(53)43-41-39-37-35-33-31-29-27-25-22-20-18-16-14-12-10-8-6-4-2/h6,8,12,14,18,20,25,27,31,33,37,39,49H,3-5,7,9-11,13,15-17,19,21-24,26,28-30,32,34-36,38,40-48,52H2,1-2H3,(H,55,56)/t49-/m1/s1. The molecule has 9 nitrogen and oxygen atoms in total. The molecule has 1 unspecified atom stereocenters. The summed E-state index contributed by atoms with van der Waals surface area (Å²) in [6.45, 7) is 3.55. The first kappa shape index (κ1) is 58.5. The predicted octanol–water partition coefficient (Wildman–Crippen LogP) is 14.6. The van der Waals surface area contributed by atoms with Crippen molar-refractivity contribution in [1.82, 2.24) is 0 Å². The Morgan fingerprint density at radius 3 is 1.31 bits per heavy atom. The average molecular weight is 876 g/mol. The lowest BCUT2D eigenvalue weighted by Crippen LogP contribution is -2.29. The predicted molar refractivity (Wildman–Crippen MR) is 256 cm³/mol. The minimum atomic E-state index is -4.40. The van der Waals surface area contributed by atoms with Crippen LogP contribution in [-0.2, 0) is 32.7 Å². The molecule has 0 spiro atoms. The van der Waals surface area contributed by atoms with E-state index in [1.165, 1.54) is 109 Å². The van der Waals surface area contributed by atoms with Crippen LogP contribution in [0.25, 0.3) is 0 Å². The van der Waals surface area contributed by atoms with Gasteiger partial charge in [0.05, 0.1) is 13.2 Å². The Hall–Kier alpha value is -2.55. The van der Waals surface area contributed by atoms with E-state index in [9.17, 15) is 19.0 Å². The molecule has 352 valence electrons. The Kier molecular flexibility index (Phi) is 45.0. The van der Waals surface area contributed by atoms with Gasteiger partial charge in [0, 0.05) is 19.4 Å². The molecule has 0 aromatic carbocycles. The molecule has 0 saturated carbocycles. The first-order valence-corrected chi connectivity index (χ1v) is 25.9. The third kappa shape index (κ3) is 46.8. The number of phosphoric acid groups is 1. The molecule has 0 amide bonds. The third-order valence-electron chi connectivity index (χ3n) is 10.1. The summed E-state index contributed by atoms with van der Waals surface area (Å²) in [7, 11) is -4.40. The molecular weight excluding hydrogens is 786 g/mol. The monoisotopic (exact) mass is 876 g/mol. The van der Waals surface area contributed by atoms with Crippen molar-refractivity contribution in [2.24, 2.45) is 5.73 Å². The van der Waals surface area contributed by atoms with E-state index < -0.39 is 32.5 Å². The molecule has 0 rings (SSSR count). The van der Waals surface area contributed by atoms with Crippen LogP contribution in [0.3, 0.4) is 0 Å². The summed E-state index contributed by atoms with van der Waals surface area (Å²) in [5, 5.41) is 0. The van der Waals surface area contributed by atoms with Gasteiger partial charge in [-0.15, -0.1) is 0 Å². The van der Waals surface area contributed by atoms with Gasteiger partial charge in [-0.3, -0.25) is 18.6 Å². The number of hydrogen-bond acceptors (Lipinski definition) is 8. The summed E-state index contributed by atoms with van der Waals surface area (Å²) in [6.07, 6.45) is 58.1. The second-order valence-corrected chi connectivity index (χ2v) is 17.4. The fraction of sp³-hybridized carbons (Fsp3) is 0.725. The molecule has 0 heterocycles. The van der Waals surface area contributed by atoms with E-state index in [1.807, 2.05) is 12.2 Å². The van der Waals surface area contributed by atoms with Gasteiger partial charge in [-0.05, 0) is 51.4 Å². The summed E-state index contributed by atoms with van der Waals surface area (Å²) in [5.41, 5.74) is 5.36.